The van der Waals surface area contributed by atoms with Gasteiger partial charge in [0.15, 0.2) is 0 Å². The van der Waals surface area contributed by atoms with Crippen molar-refractivity contribution in [3.63, 3.8) is 0 Å². The predicted molar refractivity (Wildman–Crippen MR) is 71.7 cm³/mol. The SMILES string of the molecule is CC(C)(C)N1CCCC(N2CCC(C(=O)O)C2)C1. The maximum atomic E-state index is 11.0. The molecule has 0 saturated carbocycles. The first-order valence-electron chi connectivity index (χ1n) is 7.10. The number of hydrogen-bond acceptors (Lipinski definition) is 3. The lowest BCUT2D eigenvalue weighted by Gasteiger charge is -2.44. The van der Waals surface area contributed by atoms with E-state index in [4.69, 9.17) is 5.11 Å². The summed E-state index contributed by atoms with van der Waals surface area (Å²) < 4.78 is 0. The minimum absolute atomic E-state index is 0.144. The summed E-state index contributed by atoms with van der Waals surface area (Å²) in [5, 5.41) is 9.07. The third kappa shape index (κ3) is 3.04. The molecule has 2 aliphatic heterocycles. The van der Waals surface area contributed by atoms with Crippen molar-refractivity contribution in [2.75, 3.05) is 26.2 Å². The maximum Gasteiger partial charge on any atom is 0.307 e. The molecule has 0 aliphatic carbocycles. The number of carboxylic acids is 1. The highest BCUT2D eigenvalue weighted by Crippen LogP contribution is 2.27. The van der Waals surface area contributed by atoms with E-state index in [9.17, 15) is 4.79 Å². The molecule has 2 rings (SSSR count). The Morgan fingerprint density at radius 1 is 1.17 bits per heavy atom. The molecule has 2 heterocycles. The Labute approximate surface area is 110 Å². The molecule has 0 bridgehead atoms. The van der Waals surface area contributed by atoms with Gasteiger partial charge in [0.1, 0.15) is 0 Å². The van der Waals surface area contributed by atoms with Crippen LogP contribution in [-0.2, 0) is 4.79 Å². The van der Waals surface area contributed by atoms with Crippen LogP contribution in [0.5, 0.6) is 0 Å². The molecule has 0 aromatic carbocycles. The smallest absolute Gasteiger partial charge is 0.307 e. The van der Waals surface area contributed by atoms with Crippen LogP contribution in [-0.4, -0.2) is 58.6 Å². The van der Waals surface area contributed by atoms with Crippen molar-refractivity contribution >= 4 is 5.97 Å². The molecule has 0 aromatic heterocycles. The quantitative estimate of drug-likeness (QED) is 0.814. The van der Waals surface area contributed by atoms with Crippen LogP contribution in [0.15, 0.2) is 0 Å². The molecule has 104 valence electrons. The van der Waals surface area contributed by atoms with Crippen LogP contribution < -0.4 is 0 Å². The molecular weight excluding hydrogens is 228 g/mol. The van der Waals surface area contributed by atoms with E-state index in [-0.39, 0.29) is 11.5 Å². The van der Waals surface area contributed by atoms with Crippen molar-refractivity contribution in [2.45, 2.75) is 51.6 Å². The molecule has 18 heavy (non-hydrogen) atoms. The van der Waals surface area contributed by atoms with Crippen molar-refractivity contribution in [1.29, 1.82) is 0 Å². The first kappa shape index (κ1) is 13.8. The third-order valence-corrected chi connectivity index (χ3v) is 4.43. The Morgan fingerprint density at radius 3 is 2.44 bits per heavy atom. The van der Waals surface area contributed by atoms with Gasteiger partial charge in [0, 0.05) is 24.7 Å². The number of carbonyl (C=O) groups is 1. The highest BCUT2D eigenvalue weighted by molar-refractivity contribution is 5.70. The molecule has 2 fully saturated rings. The number of carboxylic acid groups (broad SMARTS) is 1. The van der Waals surface area contributed by atoms with Crippen LogP contribution in [0.3, 0.4) is 0 Å². The molecule has 4 heteroatoms. The summed E-state index contributed by atoms with van der Waals surface area (Å²) in [6, 6.07) is 0.558. The van der Waals surface area contributed by atoms with Crippen LogP contribution >= 0.6 is 0 Å². The fraction of sp³-hybridized carbons (Fsp3) is 0.929. The van der Waals surface area contributed by atoms with Gasteiger partial charge in [-0.15, -0.1) is 0 Å². The average Bonchev–Trinajstić information content (AvgIpc) is 2.77. The molecule has 0 aromatic rings. The molecule has 0 radical (unpaired) electrons. The summed E-state index contributed by atoms with van der Waals surface area (Å²) in [6.45, 7) is 10.8. The molecule has 0 amide bonds. The molecule has 2 unspecified atom stereocenters. The summed E-state index contributed by atoms with van der Waals surface area (Å²) in [6.07, 6.45) is 3.27. The predicted octanol–water partition coefficient (Wildman–Crippen LogP) is 1.66. The van der Waals surface area contributed by atoms with E-state index in [0.717, 1.165) is 26.1 Å². The highest BCUT2D eigenvalue weighted by atomic mass is 16.4. The van der Waals surface area contributed by atoms with Crippen LogP contribution in [0, 0.1) is 5.92 Å². The van der Waals surface area contributed by atoms with Crippen LogP contribution in [0.25, 0.3) is 0 Å². The molecule has 4 nitrogen and oxygen atoms in total. The topological polar surface area (TPSA) is 43.8 Å². The summed E-state index contributed by atoms with van der Waals surface area (Å²) in [4.78, 5) is 16.0. The Bertz CT molecular complexity index is 311. The van der Waals surface area contributed by atoms with E-state index in [1.165, 1.54) is 19.4 Å². The highest BCUT2D eigenvalue weighted by Gasteiger charge is 2.36. The van der Waals surface area contributed by atoms with E-state index >= 15 is 0 Å². The van der Waals surface area contributed by atoms with E-state index in [2.05, 4.69) is 30.6 Å². The number of hydrogen-bond donors (Lipinski definition) is 1. The Balaban J connectivity index is 1.92. The maximum absolute atomic E-state index is 11.0. The molecular formula is C14H26N2O2. The molecule has 2 saturated heterocycles. The lowest BCUT2D eigenvalue weighted by molar-refractivity contribution is -0.141. The summed E-state index contributed by atoms with van der Waals surface area (Å²) in [5.74, 6) is -0.768. The first-order valence-corrected chi connectivity index (χ1v) is 7.10. The fourth-order valence-electron chi connectivity index (χ4n) is 3.18. The lowest BCUT2D eigenvalue weighted by Crippen LogP contribution is -2.53. The van der Waals surface area contributed by atoms with E-state index in [1.54, 1.807) is 0 Å². The first-order chi connectivity index (χ1) is 8.38. The number of piperidine rings is 1. The normalized spacial score (nSPS) is 31.7. The van der Waals surface area contributed by atoms with Crippen molar-refractivity contribution < 1.29 is 9.90 Å². The van der Waals surface area contributed by atoms with Gasteiger partial charge in [-0.2, -0.15) is 0 Å². The number of nitrogens with zero attached hydrogens (tertiary/aromatic N) is 2. The van der Waals surface area contributed by atoms with Crippen LogP contribution in [0.4, 0.5) is 0 Å². The zero-order valence-electron chi connectivity index (χ0n) is 11.9. The largest absolute Gasteiger partial charge is 0.481 e. The second kappa shape index (κ2) is 5.17. The van der Waals surface area contributed by atoms with Gasteiger partial charge in [-0.05, 0) is 53.1 Å². The Kier molecular flexibility index (Phi) is 3.97. The Morgan fingerprint density at radius 2 is 1.89 bits per heavy atom. The average molecular weight is 254 g/mol. The van der Waals surface area contributed by atoms with Crippen LogP contribution in [0.2, 0.25) is 0 Å². The Hall–Kier alpha value is -0.610. The standard InChI is InChI=1S/C14H26N2O2/c1-14(2,3)16-7-4-5-12(10-16)15-8-6-11(9-15)13(17)18/h11-12H,4-10H2,1-3H3,(H,17,18). The van der Waals surface area contributed by atoms with Gasteiger partial charge in [-0.25, -0.2) is 0 Å². The summed E-state index contributed by atoms with van der Waals surface area (Å²) in [7, 11) is 0. The van der Waals surface area contributed by atoms with Gasteiger partial charge in [-0.1, -0.05) is 0 Å². The fourth-order valence-corrected chi connectivity index (χ4v) is 3.18. The van der Waals surface area contributed by atoms with Crippen molar-refractivity contribution in [1.82, 2.24) is 9.80 Å². The zero-order chi connectivity index (χ0) is 13.3. The summed E-state index contributed by atoms with van der Waals surface area (Å²) in [5.41, 5.74) is 0.227. The number of rotatable bonds is 2. The van der Waals surface area contributed by atoms with E-state index in [0.29, 0.717) is 6.04 Å². The minimum atomic E-state index is -0.624. The van der Waals surface area contributed by atoms with Gasteiger partial charge >= 0.3 is 5.97 Å². The molecule has 1 N–H and O–H groups in total. The second-order valence-electron chi connectivity index (χ2n) is 6.73. The lowest BCUT2D eigenvalue weighted by atomic mass is 9.97. The van der Waals surface area contributed by atoms with E-state index in [1.807, 2.05) is 0 Å². The van der Waals surface area contributed by atoms with Crippen molar-refractivity contribution in [2.24, 2.45) is 5.92 Å². The third-order valence-electron chi connectivity index (χ3n) is 4.43. The van der Waals surface area contributed by atoms with Gasteiger partial charge in [0.25, 0.3) is 0 Å². The molecule has 2 atom stereocenters. The number of likely N-dealkylation sites (tertiary alicyclic amines) is 2. The van der Waals surface area contributed by atoms with Crippen molar-refractivity contribution in [3.8, 4) is 0 Å². The monoisotopic (exact) mass is 254 g/mol. The van der Waals surface area contributed by atoms with Gasteiger partial charge in [-0.3, -0.25) is 14.6 Å². The summed E-state index contributed by atoms with van der Waals surface area (Å²) >= 11 is 0. The second-order valence-corrected chi connectivity index (χ2v) is 6.73. The minimum Gasteiger partial charge on any atom is -0.481 e. The number of aliphatic carboxylic acids is 1. The van der Waals surface area contributed by atoms with Gasteiger partial charge < -0.3 is 5.11 Å². The van der Waals surface area contributed by atoms with Crippen molar-refractivity contribution in [3.05, 3.63) is 0 Å². The molecule has 2 aliphatic rings. The zero-order valence-corrected chi connectivity index (χ0v) is 11.9. The van der Waals surface area contributed by atoms with Gasteiger partial charge in [0.2, 0.25) is 0 Å². The van der Waals surface area contributed by atoms with Gasteiger partial charge in [0.05, 0.1) is 5.92 Å². The van der Waals surface area contributed by atoms with E-state index < -0.39 is 5.97 Å². The molecule has 0 spiro atoms. The van der Waals surface area contributed by atoms with Crippen LogP contribution in [0.1, 0.15) is 40.0 Å².